The third-order valence-electron chi connectivity index (χ3n) is 3.35. The summed E-state index contributed by atoms with van der Waals surface area (Å²) in [5.74, 6) is -0.217. The normalized spacial score (nSPS) is 10.0. The van der Waals surface area contributed by atoms with Crippen molar-refractivity contribution in [1.82, 2.24) is 0 Å². The molecule has 120 valence electrons. The number of methoxy groups -OCH3 is 1. The number of nitrogens with zero attached hydrogens (tertiary/aromatic N) is 1. The Morgan fingerprint density at radius 2 is 1.78 bits per heavy atom. The summed E-state index contributed by atoms with van der Waals surface area (Å²) in [6, 6.07) is 14.0. The molecule has 5 nitrogen and oxygen atoms in total. The topological polar surface area (TPSA) is 58.6 Å². The Balaban J connectivity index is 2.31. The van der Waals surface area contributed by atoms with Crippen molar-refractivity contribution >= 4 is 34.8 Å². The molecule has 1 N–H and O–H groups in total. The molecule has 2 amide bonds. The van der Waals surface area contributed by atoms with E-state index in [1.807, 2.05) is 6.07 Å². The lowest BCUT2D eigenvalue weighted by molar-refractivity contribution is -0.116. The number of hydrogen-bond donors (Lipinski definition) is 1. The summed E-state index contributed by atoms with van der Waals surface area (Å²) in [6.45, 7) is 0. The zero-order chi connectivity index (χ0) is 16.8. The third-order valence-corrected chi connectivity index (χ3v) is 3.58. The van der Waals surface area contributed by atoms with Crippen LogP contribution >= 0.6 is 11.6 Å². The Kier molecular flexibility index (Phi) is 5.60. The summed E-state index contributed by atoms with van der Waals surface area (Å²) in [4.78, 5) is 25.7. The smallest absolute Gasteiger partial charge is 0.257 e. The molecule has 0 spiro atoms. The van der Waals surface area contributed by atoms with E-state index in [9.17, 15) is 9.59 Å². The average Bonchev–Trinajstić information content (AvgIpc) is 2.60. The molecule has 0 saturated heterocycles. The highest BCUT2D eigenvalue weighted by molar-refractivity contribution is 6.29. The van der Waals surface area contributed by atoms with Gasteiger partial charge < -0.3 is 15.0 Å². The number of carbonyl (C=O) groups excluding carboxylic acids is 2. The number of ether oxygens (including phenoxy) is 1. The van der Waals surface area contributed by atoms with Crippen molar-refractivity contribution in [2.45, 2.75) is 0 Å². The molecule has 6 heteroatoms. The van der Waals surface area contributed by atoms with E-state index in [0.29, 0.717) is 22.7 Å². The Morgan fingerprint density at radius 3 is 2.48 bits per heavy atom. The van der Waals surface area contributed by atoms with E-state index in [-0.39, 0.29) is 17.7 Å². The second-order valence-electron chi connectivity index (χ2n) is 4.76. The van der Waals surface area contributed by atoms with Gasteiger partial charge in [0.2, 0.25) is 5.91 Å². The fourth-order valence-corrected chi connectivity index (χ4v) is 2.30. The highest BCUT2D eigenvalue weighted by atomic mass is 35.5. The van der Waals surface area contributed by atoms with Crippen molar-refractivity contribution in [3.63, 3.8) is 0 Å². The molecule has 0 aliphatic heterocycles. The highest BCUT2D eigenvalue weighted by Gasteiger charge is 2.18. The standard InChI is InChI=1S/C17H17ClN2O3/c1-20(16(21)11-18)14-9-5-3-7-12(14)17(22)19-13-8-4-6-10-15(13)23-2/h3-10H,11H2,1-2H3,(H,19,22). The summed E-state index contributed by atoms with van der Waals surface area (Å²) in [7, 11) is 3.12. The molecule has 2 aromatic rings. The number of carbonyl (C=O) groups is 2. The maximum atomic E-state index is 12.6. The van der Waals surface area contributed by atoms with Crippen LogP contribution in [0.5, 0.6) is 5.75 Å². The van der Waals surface area contributed by atoms with Crippen molar-refractivity contribution < 1.29 is 14.3 Å². The predicted molar refractivity (Wildman–Crippen MR) is 91.5 cm³/mol. The van der Waals surface area contributed by atoms with Gasteiger partial charge in [0.05, 0.1) is 24.0 Å². The van der Waals surface area contributed by atoms with Crippen LogP contribution in [0.25, 0.3) is 0 Å². The van der Waals surface area contributed by atoms with Gasteiger partial charge in [-0.1, -0.05) is 24.3 Å². The summed E-state index contributed by atoms with van der Waals surface area (Å²) in [5.41, 5.74) is 1.42. The summed E-state index contributed by atoms with van der Waals surface area (Å²) in [6.07, 6.45) is 0. The van der Waals surface area contributed by atoms with Gasteiger partial charge in [-0.2, -0.15) is 0 Å². The molecule has 0 atom stereocenters. The number of para-hydroxylation sites is 3. The Bertz CT molecular complexity index is 718. The molecule has 0 radical (unpaired) electrons. The number of rotatable bonds is 5. The van der Waals surface area contributed by atoms with Crippen LogP contribution < -0.4 is 15.0 Å². The van der Waals surface area contributed by atoms with Crippen LogP contribution in [-0.2, 0) is 4.79 Å². The number of hydrogen-bond acceptors (Lipinski definition) is 3. The SMILES string of the molecule is COc1ccccc1NC(=O)c1ccccc1N(C)C(=O)CCl. The molecule has 0 heterocycles. The van der Waals surface area contributed by atoms with E-state index in [0.717, 1.165) is 0 Å². The van der Waals surface area contributed by atoms with E-state index in [1.54, 1.807) is 49.5 Å². The van der Waals surface area contributed by atoms with Gasteiger partial charge in [-0.15, -0.1) is 11.6 Å². The molecule has 2 aromatic carbocycles. The van der Waals surface area contributed by atoms with Crippen LogP contribution in [0.1, 0.15) is 10.4 Å². The number of alkyl halides is 1. The van der Waals surface area contributed by atoms with Crippen molar-refractivity contribution in [3.05, 3.63) is 54.1 Å². The highest BCUT2D eigenvalue weighted by Crippen LogP contribution is 2.26. The Morgan fingerprint density at radius 1 is 1.13 bits per heavy atom. The molecule has 0 unspecified atom stereocenters. The molecule has 0 fully saturated rings. The summed E-state index contributed by atoms with van der Waals surface area (Å²) in [5, 5.41) is 2.80. The third kappa shape index (κ3) is 3.81. The van der Waals surface area contributed by atoms with E-state index in [4.69, 9.17) is 16.3 Å². The van der Waals surface area contributed by atoms with Crippen molar-refractivity contribution in [2.75, 3.05) is 30.3 Å². The molecular formula is C17H17ClN2O3. The molecule has 0 aliphatic rings. The Labute approximate surface area is 139 Å². The first-order valence-corrected chi connectivity index (χ1v) is 7.48. The first-order chi connectivity index (χ1) is 11.1. The van der Waals surface area contributed by atoms with Crippen LogP contribution in [0.15, 0.2) is 48.5 Å². The zero-order valence-corrected chi connectivity index (χ0v) is 13.6. The minimum absolute atomic E-state index is 0.154. The second kappa shape index (κ2) is 7.65. The van der Waals surface area contributed by atoms with Crippen molar-refractivity contribution in [2.24, 2.45) is 0 Å². The summed E-state index contributed by atoms with van der Waals surface area (Å²) >= 11 is 5.59. The zero-order valence-electron chi connectivity index (χ0n) is 12.9. The van der Waals surface area contributed by atoms with Gasteiger partial charge in [-0.3, -0.25) is 9.59 Å². The second-order valence-corrected chi connectivity index (χ2v) is 5.03. The van der Waals surface area contributed by atoms with Gasteiger partial charge in [0.25, 0.3) is 5.91 Å². The van der Waals surface area contributed by atoms with Gasteiger partial charge in [-0.05, 0) is 24.3 Å². The van der Waals surface area contributed by atoms with Crippen LogP contribution in [-0.4, -0.2) is 31.9 Å². The molecule has 0 aliphatic carbocycles. The molecule has 0 aromatic heterocycles. The first kappa shape index (κ1) is 16.8. The maximum absolute atomic E-state index is 12.6. The Hall–Kier alpha value is -2.53. The maximum Gasteiger partial charge on any atom is 0.257 e. The van der Waals surface area contributed by atoms with Crippen molar-refractivity contribution in [1.29, 1.82) is 0 Å². The van der Waals surface area contributed by atoms with E-state index >= 15 is 0 Å². The van der Waals surface area contributed by atoms with Crippen molar-refractivity contribution in [3.8, 4) is 5.75 Å². The predicted octanol–water partition coefficient (Wildman–Crippen LogP) is 3.15. The largest absolute Gasteiger partial charge is 0.495 e. The van der Waals surface area contributed by atoms with E-state index in [2.05, 4.69) is 5.32 Å². The number of anilines is 2. The van der Waals surface area contributed by atoms with Crippen LogP contribution in [0.4, 0.5) is 11.4 Å². The minimum Gasteiger partial charge on any atom is -0.495 e. The van der Waals surface area contributed by atoms with E-state index in [1.165, 1.54) is 12.0 Å². The van der Waals surface area contributed by atoms with Gasteiger partial charge in [0, 0.05) is 7.05 Å². The number of halogens is 1. The van der Waals surface area contributed by atoms with Gasteiger partial charge >= 0.3 is 0 Å². The van der Waals surface area contributed by atoms with E-state index < -0.39 is 0 Å². The van der Waals surface area contributed by atoms with Crippen LogP contribution in [0.2, 0.25) is 0 Å². The number of nitrogens with one attached hydrogen (secondary N) is 1. The van der Waals surface area contributed by atoms with Crippen LogP contribution in [0, 0.1) is 0 Å². The number of amides is 2. The molecule has 0 saturated carbocycles. The molecule has 0 bridgehead atoms. The summed E-state index contributed by atoms with van der Waals surface area (Å²) < 4.78 is 5.22. The molecular weight excluding hydrogens is 316 g/mol. The minimum atomic E-state index is -0.334. The van der Waals surface area contributed by atoms with Gasteiger partial charge in [-0.25, -0.2) is 0 Å². The molecule has 23 heavy (non-hydrogen) atoms. The first-order valence-electron chi connectivity index (χ1n) is 6.94. The monoisotopic (exact) mass is 332 g/mol. The average molecular weight is 333 g/mol. The fraction of sp³-hybridized carbons (Fsp3) is 0.176. The number of benzene rings is 2. The quantitative estimate of drug-likeness (QED) is 0.856. The van der Waals surface area contributed by atoms with Gasteiger partial charge in [0.15, 0.2) is 0 Å². The fourth-order valence-electron chi connectivity index (χ4n) is 2.12. The molecule has 2 rings (SSSR count). The van der Waals surface area contributed by atoms with Gasteiger partial charge in [0.1, 0.15) is 11.6 Å². The lowest BCUT2D eigenvalue weighted by Gasteiger charge is -2.19. The lowest BCUT2D eigenvalue weighted by Crippen LogP contribution is -2.29. The van der Waals surface area contributed by atoms with Crippen LogP contribution in [0.3, 0.4) is 0 Å². The lowest BCUT2D eigenvalue weighted by atomic mass is 10.1.